The van der Waals surface area contributed by atoms with Crippen LogP contribution < -0.4 is 4.72 Å². The summed E-state index contributed by atoms with van der Waals surface area (Å²) in [6.07, 6.45) is 0. The minimum atomic E-state index is -4.00. The molecule has 116 valence electrons. The van der Waals surface area contributed by atoms with Gasteiger partial charge in [-0.05, 0) is 12.5 Å². The van der Waals surface area contributed by atoms with E-state index < -0.39 is 33.1 Å². The van der Waals surface area contributed by atoms with Gasteiger partial charge in [0.2, 0.25) is 10.0 Å². The number of aliphatic carboxylic acids is 1. The summed E-state index contributed by atoms with van der Waals surface area (Å²) in [5, 5.41) is 7.78. The smallest absolute Gasteiger partial charge is 0.325 e. The standard InChI is InChI=1S/C13H17NO6S/c1-9(13(17)20-2)21(18,19)14-8-11(12(15)16)10-6-4-3-5-7-10/h3-7,9,11,14H,8H2,1-2H3,(H,15,16). The number of carboxylic acids is 1. The molecular formula is C13H17NO6S. The van der Waals surface area contributed by atoms with Crippen molar-refractivity contribution >= 4 is 22.0 Å². The van der Waals surface area contributed by atoms with E-state index in [-0.39, 0.29) is 6.54 Å². The molecule has 0 saturated heterocycles. The number of sulfonamides is 1. The van der Waals surface area contributed by atoms with Crippen LogP contribution in [0.2, 0.25) is 0 Å². The predicted molar refractivity (Wildman–Crippen MR) is 75.2 cm³/mol. The van der Waals surface area contributed by atoms with Crippen LogP contribution in [0.1, 0.15) is 18.4 Å². The van der Waals surface area contributed by atoms with Gasteiger partial charge < -0.3 is 9.84 Å². The van der Waals surface area contributed by atoms with Crippen molar-refractivity contribution in [2.45, 2.75) is 18.1 Å². The van der Waals surface area contributed by atoms with Crippen molar-refractivity contribution in [1.29, 1.82) is 0 Å². The fourth-order valence-electron chi connectivity index (χ4n) is 1.65. The molecule has 0 aliphatic carbocycles. The second kappa shape index (κ2) is 7.19. The molecule has 8 heteroatoms. The van der Waals surface area contributed by atoms with Crippen LogP contribution in [0.3, 0.4) is 0 Å². The van der Waals surface area contributed by atoms with Gasteiger partial charge in [-0.25, -0.2) is 13.1 Å². The Bertz CT molecular complexity index is 598. The van der Waals surface area contributed by atoms with E-state index in [0.29, 0.717) is 5.56 Å². The molecule has 2 unspecified atom stereocenters. The van der Waals surface area contributed by atoms with Gasteiger partial charge in [-0.1, -0.05) is 30.3 Å². The van der Waals surface area contributed by atoms with E-state index in [2.05, 4.69) is 9.46 Å². The van der Waals surface area contributed by atoms with Crippen LogP contribution in [0, 0.1) is 0 Å². The number of carbonyl (C=O) groups is 2. The molecule has 0 aliphatic rings. The molecule has 0 bridgehead atoms. The predicted octanol–water partition coefficient (Wildman–Crippen LogP) is 0.336. The molecule has 0 radical (unpaired) electrons. The highest BCUT2D eigenvalue weighted by molar-refractivity contribution is 7.90. The maximum absolute atomic E-state index is 11.9. The first-order chi connectivity index (χ1) is 9.79. The Morgan fingerprint density at radius 2 is 1.86 bits per heavy atom. The maximum Gasteiger partial charge on any atom is 0.325 e. The number of hydrogen-bond acceptors (Lipinski definition) is 5. The number of esters is 1. The third kappa shape index (κ3) is 4.54. The van der Waals surface area contributed by atoms with E-state index >= 15 is 0 Å². The fraction of sp³-hybridized carbons (Fsp3) is 0.385. The summed E-state index contributed by atoms with van der Waals surface area (Å²) in [4.78, 5) is 22.5. The quantitative estimate of drug-likeness (QED) is 0.702. The van der Waals surface area contributed by atoms with Crippen LogP contribution in [0.4, 0.5) is 0 Å². The Balaban J connectivity index is 2.84. The summed E-state index contributed by atoms with van der Waals surface area (Å²) in [6.45, 7) is 0.829. The number of nitrogens with one attached hydrogen (secondary N) is 1. The van der Waals surface area contributed by atoms with Gasteiger partial charge in [-0.15, -0.1) is 0 Å². The van der Waals surface area contributed by atoms with Crippen molar-refractivity contribution in [3.05, 3.63) is 35.9 Å². The molecular weight excluding hydrogens is 298 g/mol. The lowest BCUT2D eigenvalue weighted by molar-refractivity contribution is -0.140. The highest BCUT2D eigenvalue weighted by Gasteiger charge is 2.30. The number of hydrogen-bond donors (Lipinski definition) is 2. The van der Waals surface area contributed by atoms with Gasteiger partial charge in [0.25, 0.3) is 0 Å². The normalized spacial score (nSPS) is 14.2. The molecule has 0 spiro atoms. The maximum atomic E-state index is 11.9. The second-order valence-electron chi connectivity index (χ2n) is 4.36. The Morgan fingerprint density at radius 3 is 2.33 bits per heavy atom. The molecule has 1 aromatic carbocycles. The van der Waals surface area contributed by atoms with Gasteiger partial charge in [-0.2, -0.15) is 0 Å². The van der Waals surface area contributed by atoms with E-state index in [1.54, 1.807) is 30.3 Å². The van der Waals surface area contributed by atoms with Crippen LogP contribution in [0.15, 0.2) is 30.3 Å². The largest absolute Gasteiger partial charge is 0.481 e. The van der Waals surface area contributed by atoms with Gasteiger partial charge in [0.15, 0.2) is 5.25 Å². The molecule has 0 saturated carbocycles. The van der Waals surface area contributed by atoms with Crippen molar-refractivity contribution < 1.29 is 27.9 Å². The zero-order chi connectivity index (χ0) is 16.0. The molecule has 2 atom stereocenters. The van der Waals surface area contributed by atoms with Crippen LogP contribution in [-0.4, -0.2) is 44.4 Å². The first-order valence-electron chi connectivity index (χ1n) is 6.13. The minimum Gasteiger partial charge on any atom is -0.481 e. The molecule has 1 aromatic rings. The molecule has 2 N–H and O–H groups in total. The van der Waals surface area contributed by atoms with Gasteiger partial charge in [0.1, 0.15) is 0 Å². The molecule has 0 aliphatic heterocycles. The highest BCUT2D eigenvalue weighted by atomic mass is 32.2. The molecule has 0 aromatic heterocycles. The third-order valence-electron chi connectivity index (χ3n) is 2.99. The fourth-order valence-corrected chi connectivity index (χ4v) is 2.65. The van der Waals surface area contributed by atoms with Crippen molar-refractivity contribution in [2.24, 2.45) is 0 Å². The van der Waals surface area contributed by atoms with Crippen LogP contribution in [0.25, 0.3) is 0 Å². The molecule has 0 fully saturated rings. The average Bonchev–Trinajstić information content (AvgIpc) is 2.46. The Kier molecular flexibility index (Phi) is 5.86. The summed E-state index contributed by atoms with van der Waals surface area (Å²) in [5.41, 5.74) is 0.471. The van der Waals surface area contributed by atoms with E-state index in [1.807, 2.05) is 0 Å². The van der Waals surface area contributed by atoms with Gasteiger partial charge in [0, 0.05) is 6.54 Å². The van der Waals surface area contributed by atoms with Gasteiger partial charge >= 0.3 is 11.9 Å². The second-order valence-corrected chi connectivity index (χ2v) is 6.45. The van der Waals surface area contributed by atoms with Crippen LogP contribution >= 0.6 is 0 Å². The highest BCUT2D eigenvalue weighted by Crippen LogP contribution is 2.15. The van der Waals surface area contributed by atoms with Crippen molar-refractivity contribution in [2.75, 3.05) is 13.7 Å². The summed E-state index contributed by atoms with van der Waals surface area (Å²) >= 11 is 0. The van der Waals surface area contributed by atoms with Crippen molar-refractivity contribution in [3.8, 4) is 0 Å². The number of ether oxygens (including phenoxy) is 1. The van der Waals surface area contributed by atoms with Gasteiger partial charge in [0.05, 0.1) is 13.0 Å². The van der Waals surface area contributed by atoms with Crippen molar-refractivity contribution in [3.63, 3.8) is 0 Å². The molecule has 7 nitrogen and oxygen atoms in total. The van der Waals surface area contributed by atoms with Crippen LogP contribution in [0.5, 0.6) is 0 Å². The average molecular weight is 315 g/mol. The Morgan fingerprint density at radius 1 is 1.29 bits per heavy atom. The SMILES string of the molecule is COC(=O)C(C)S(=O)(=O)NCC(C(=O)O)c1ccccc1. The number of methoxy groups -OCH3 is 1. The Hall–Kier alpha value is -1.93. The van der Waals surface area contributed by atoms with Crippen LogP contribution in [-0.2, 0) is 24.3 Å². The lowest BCUT2D eigenvalue weighted by Crippen LogP contribution is -2.40. The Labute approximate surface area is 123 Å². The monoisotopic (exact) mass is 315 g/mol. The first kappa shape index (κ1) is 17.1. The first-order valence-corrected chi connectivity index (χ1v) is 7.68. The van der Waals surface area contributed by atoms with E-state index in [1.165, 1.54) is 6.92 Å². The summed E-state index contributed by atoms with van der Waals surface area (Å²) in [6, 6.07) is 8.24. The number of carbonyl (C=O) groups excluding carboxylic acids is 1. The number of benzene rings is 1. The van der Waals surface area contributed by atoms with Gasteiger partial charge in [-0.3, -0.25) is 9.59 Å². The zero-order valence-corrected chi connectivity index (χ0v) is 12.5. The lowest BCUT2D eigenvalue weighted by Gasteiger charge is -2.16. The lowest BCUT2D eigenvalue weighted by atomic mass is 10.00. The summed E-state index contributed by atoms with van der Waals surface area (Å²) < 4.78 is 30.3. The molecule has 1 rings (SSSR count). The zero-order valence-electron chi connectivity index (χ0n) is 11.6. The molecule has 0 amide bonds. The topological polar surface area (TPSA) is 110 Å². The summed E-state index contributed by atoms with van der Waals surface area (Å²) in [7, 11) is -2.91. The van der Waals surface area contributed by atoms with E-state index in [4.69, 9.17) is 0 Å². The molecule has 21 heavy (non-hydrogen) atoms. The molecule has 0 heterocycles. The van der Waals surface area contributed by atoms with E-state index in [0.717, 1.165) is 7.11 Å². The summed E-state index contributed by atoms with van der Waals surface area (Å²) in [5.74, 6) is -3.10. The minimum absolute atomic E-state index is 0.344. The third-order valence-corrected chi connectivity index (χ3v) is 4.68. The van der Waals surface area contributed by atoms with Crippen molar-refractivity contribution in [1.82, 2.24) is 4.72 Å². The number of carboxylic acid groups (broad SMARTS) is 1. The van der Waals surface area contributed by atoms with E-state index in [9.17, 15) is 23.1 Å². The number of rotatable bonds is 7.